The molecule has 0 N–H and O–H groups in total. The summed E-state index contributed by atoms with van der Waals surface area (Å²) < 4.78 is 113. The number of Topliss-reactive ketones (excluding diaryl/α,β-unsaturated/α-hetero) is 4. The number of alkyl halides is 3. The van der Waals surface area contributed by atoms with Crippen molar-refractivity contribution in [3.05, 3.63) is 256 Å². The Kier molecular flexibility index (Phi) is 31.1. The number of carbonyl (C=O) groups is 4. The molecule has 0 aliphatic rings. The predicted molar refractivity (Wildman–Crippen MR) is 314 cm³/mol. The van der Waals surface area contributed by atoms with E-state index in [9.17, 15) is 78.9 Å². The third-order valence-electron chi connectivity index (χ3n) is 12.1. The number of carbonyl (C=O) groups excluding carboxylic acids is 4. The van der Waals surface area contributed by atoms with Gasteiger partial charge in [0.05, 0.1) is 15.4 Å². The lowest BCUT2D eigenvalue weighted by Crippen LogP contribution is -2.08. The molecule has 0 saturated carbocycles. The van der Waals surface area contributed by atoms with Gasteiger partial charge in [0, 0.05) is 52.1 Å². The highest BCUT2D eigenvalue weighted by atomic mass is 19.4. The van der Waals surface area contributed by atoms with Crippen molar-refractivity contribution in [1.29, 1.82) is 0 Å². The van der Waals surface area contributed by atoms with Crippen LogP contribution in [0, 0.1) is 55.1 Å². The number of nitrogens with zero attached hydrogens (tertiary/aromatic N) is 2. The number of nitro benzene ring substituents is 2. The van der Waals surface area contributed by atoms with Gasteiger partial charge in [0.15, 0.2) is 46.4 Å². The Hall–Kier alpha value is -8.61. The second-order valence-corrected chi connectivity index (χ2v) is 20.5. The van der Waals surface area contributed by atoms with Crippen molar-refractivity contribution in [3.8, 4) is 0 Å². The molecule has 0 radical (unpaired) electrons. The van der Waals surface area contributed by atoms with Crippen molar-refractivity contribution < 1.29 is 68.5 Å². The maximum Gasteiger partial charge on any atom is 0.416 e. The van der Waals surface area contributed by atoms with Gasteiger partial charge in [-0.3, -0.25) is 39.4 Å². The first-order valence-corrected chi connectivity index (χ1v) is 26.6. The molecule has 0 aliphatic carbocycles. The van der Waals surface area contributed by atoms with Crippen molar-refractivity contribution in [2.75, 3.05) is 0 Å². The second kappa shape index (κ2) is 35.5. The van der Waals surface area contributed by atoms with Gasteiger partial charge in [0.2, 0.25) is 5.82 Å². The minimum absolute atomic E-state index is 0.0156. The summed E-state index contributed by atoms with van der Waals surface area (Å²) in [4.78, 5) is 63.4. The summed E-state index contributed by atoms with van der Waals surface area (Å²) in [6.07, 6.45) is -4.23. The number of rotatable bonds is 11. The highest BCUT2D eigenvalue weighted by Gasteiger charge is 2.30. The quantitative estimate of drug-likeness (QED) is 0.0310. The predicted octanol–water partition coefficient (Wildman–Crippen LogP) is 19.9. The summed E-state index contributed by atoms with van der Waals surface area (Å²) in [6.45, 7) is 24.7. The molecule has 10 nitrogen and oxygen atoms in total. The third kappa shape index (κ3) is 25.4. The lowest BCUT2D eigenvalue weighted by molar-refractivity contribution is -0.385. The van der Waals surface area contributed by atoms with Crippen LogP contribution in [-0.4, -0.2) is 33.0 Å². The summed E-state index contributed by atoms with van der Waals surface area (Å²) in [5, 5.41) is 20.7. The summed E-state index contributed by atoms with van der Waals surface area (Å²) in [5.74, 6) is -8.97. The van der Waals surface area contributed by atoms with Crippen LogP contribution in [-0.2, 0) is 6.18 Å². The maximum absolute atomic E-state index is 12.9. The molecule has 0 amide bonds. The lowest BCUT2D eigenvalue weighted by Gasteiger charge is -2.10. The average molecular weight is 1190 g/mol. The molecular weight excluding hydrogens is 1120 g/mol. The molecular formula is C66H71F9N2O8. The molecule has 0 spiro atoms. The first-order chi connectivity index (χ1) is 39.4. The van der Waals surface area contributed by atoms with E-state index in [1.165, 1.54) is 77.9 Å². The first kappa shape index (κ1) is 74.4. The lowest BCUT2D eigenvalue weighted by atomic mass is 10.0. The summed E-state index contributed by atoms with van der Waals surface area (Å²) >= 11 is 0. The van der Waals surface area contributed by atoms with Crippen molar-refractivity contribution in [2.45, 2.75) is 133 Å². The van der Waals surface area contributed by atoms with Crippen LogP contribution < -0.4 is 0 Å². The Balaban J connectivity index is 0.000000497. The van der Waals surface area contributed by atoms with Gasteiger partial charge < -0.3 is 0 Å². The average Bonchev–Trinajstić information content (AvgIpc) is 2.51. The van der Waals surface area contributed by atoms with E-state index in [-0.39, 0.29) is 62.0 Å². The summed E-state index contributed by atoms with van der Waals surface area (Å²) in [7, 11) is 0. The van der Waals surface area contributed by atoms with Gasteiger partial charge in [-0.15, -0.1) is 0 Å². The van der Waals surface area contributed by atoms with Crippen LogP contribution in [0.15, 0.2) is 146 Å². The maximum atomic E-state index is 12.9. The topological polar surface area (TPSA) is 155 Å². The van der Waals surface area contributed by atoms with E-state index in [1.54, 1.807) is 78.9 Å². The Labute approximate surface area is 490 Å². The van der Waals surface area contributed by atoms with E-state index in [4.69, 9.17) is 0 Å². The Morgan fingerprint density at radius 1 is 0.376 bits per heavy atom. The standard InChI is InChI=1S/C10H11F3.2C10H10O2.C9H7F5.C9H11F.2C9H11NO2/c1-7(2)8-3-5-9(6-4-8)10(11,12)13;1-7(11)9-3-5-10(6-4-9)8(2)12;1-7(11)9-4-3-5-10(6-9)8(2)12;1-3(2)4-5(10)7(12)9(14)8(13)6(4)11;1-7(2)8-5-3-4-6-9(8)10;1-7(2)8-3-5-9(6-4-8)10(11)12;1-7(2)8-4-3-5-9(6-8)10(11)12/h3-7H,1-2H3;2*3-6H,1-2H3;3H,1-2H3;3-7H,1-2H3;2*3-7H,1-2H3. The minimum Gasteiger partial charge on any atom is -0.295 e. The smallest absolute Gasteiger partial charge is 0.295 e. The summed E-state index contributed by atoms with van der Waals surface area (Å²) in [5.41, 5.74) is 5.25. The van der Waals surface area contributed by atoms with Gasteiger partial charge in [-0.25, -0.2) is 26.3 Å². The van der Waals surface area contributed by atoms with Gasteiger partial charge in [-0.05, 0) is 104 Å². The van der Waals surface area contributed by atoms with E-state index in [2.05, 4.69) is 13.8 Å². The zero-order valence-electron chi connectivity index (χ0n) is 49.8. The van der Waals surface area contributed by atoms with E-state index in [0.29, 0.717) is 34.1 Å². The van der Waals surface area contributed by atoms with Crippen LogP contribution in [0.25, 0.3) is 0 Å². The van der Waals surface area contributed by atoms with Crippen LogP contribution >= 0.6 is 0 Å². The Morgan fingerprint density at radius 3 is 1.06 bits per heavy atom. The van der Waals surface area contributed by atoms with Crippen molar-refractivity contribution in [3.63, 3.8) is 0 Å². The van der Waals surface area contributed by atoms with Gasteiger partial charge in [-0.1, -0.05) is 166 Å². The van der Waals surface area contributed by atoms with Crippen LogP contribution in [0.3, 0.4) is 0 Å². The van der Waals surface area contributed by atoms with Gasteiger partial charge in [-0.2, -0.15) is 13.2 Å². The highest BCUT2D eigenvalue weighted by Crippen LogP contribution is 2.31. The van der Waals surface area contributed by atoms with Crippen molar-refractivity contribution in [1.82, 2.24) is 0 Å². The fourth-order valence-electron chi connectivity index (χ4n) is 7.00. The number of hydrogen-bond donors (Lipinski definition) is 0. The van der Waals surface area contributed by atoms with Gasteiger partial charge in [0.1, 0.15) is 5.82 Å². The largest absolute Gasteiger partial charge is 0.416 e. The van der Waals surface area contributed by atoms with E-state index < -0.39 is 52.3 Å². The highest BCUT2D eigenvalue weighted by molar-refractivity contribution is 5.99. The third-order valence-corrected chi connectivity index (χ3v) is 12.1. The normalized spacial score (nSPS) is 10.5. The van der Waals surface area contributed by atoms with E-state index in [1.807, 2.05) is 59.7 Å². The minimum atomic E-state index is -4.23. The molecule has 0 aliphatic heterocycles. The molecule has 0 heterocycles. The molecule has 7 aromatic carbocycles. The number of benzene rings is 7. The fraction of sp³-hybridized carbons (Fsp3) is 0.303. The zero-order valence-corrected chi connectivity index (χ0v) is 49.8. The molecule has 0 saturated heterocycles. The summed E-state index contributed by atoms with van der Waals surface area (Å²) in [6, 6.07) is 39.0. The Morgan fingerprint density at radius 2 is 0.741 bits per heavy atom. The molecule has 85 heavy (non-hydrogen) atoms. The zero-order chi connectivity index (χ0) is 65.2. The molecule has 0 aromatic heterocycles. The molecule has 0 atom stereocenters. The number of ketones is 4. The van der Waals surface area contributed by atoms with Gasteiger partial charge in [0.25, 0.3) is 11.4 Å². The monoisotopic (exact) mass is 1190 g/mol. The van der Waals surface area contributed by atoms with Crippen LogP contribution in [0.1, 0.15) is 201 Å². The number of non-ortho nitro benzene ring substituents is 2. The van der Waals surface area contributed by atoms with Crippen LogP contribution in [0.4, 0.5) is 50.9 Å². The number of nitro groups is 2. The number of hydrogen-bond acceptors (Lipinski definition) is 8. The molecule has 0 fully saturated rings. The van der Waals surface area contributed by atoms with Crippen molar-refractivity contribution >= 4 is 34.5 Å². The van der Waals surface area contributed by atoms with Crippen molar-refractivity contribution in [2.24, 2.45) is 0 Å². The fourth-order valence-corrected chi connectivity index (χ4v) is 7.00. The van der Waals surface area contributed by atoms with Crippen LogP contribution in [0.5, 0.6) is 0 Å². The SMILES string of the molecule is CC(=O)c1ccc(C(C)=O)cc1.CC(=O)c1cccc(C(C)=O)c1.CC(C)c1c(F)c(F)c(F)c(F)c1F.CC(C)c1ccc(C(F)(F)F)cc1.CC(C)c1ccc([N+](=O)[O-])cc1.CC(C)c1cccc([N+](=O)[O-])c1.CC(C)c1ccccc1F. The number of halogens is 9. The van der Waals surface area contributed by atoms with E-state index in [0.717, 1.165) is 34.4 Å². The Bertz CT molecular complexity index is 3230. The molecule has 7 aromatic rings. The molecule has 0 bridgehead atoms. The molecule has 19 heteroatoms. The van der Waals surface area contributed by atoms with Gasteiger partial charge >= 0.3 is 6.18 Å². The first-order valence-electron chi connectivity index (χ1n) is 26.6. The molecule has 0 unspecified atom stereocenters. The van der Waals surface area contributed by atoms with E-state index >= 15 is 0 Å². The molecule has 456 valence electrons. The molecule has 7 rings (SSSR count). The second-order valence-electron chi connectivity index (χ2n) is 20.5. The van der Waals surface area contributed by atoms with Crippen LogP contribution in [0.2, 0.25) is 0 Å².